The molecule has 11 nitrogen and oxygen atoms in total. The van der Waals surface area contributed by atoms with Crippen molar-refractivity contribution < 1.29 is 52.2 Å². The van der Waals surface area contributed by atoms with Crippen LogP contribution < -0.4 is 0 Å². The lowest BCUT2D eigenvalue weighted by Gasteiger charge is -2.21. The SMILES string of the molecule is CC/C=C\C/C=C\C/C=C\C/C=C\CCCCC(=O)OC(CO)COP(=O)(O)OCC(COC(=O)CCCCCCC/C=C\CCCC)OC(=O)CCCC/C=C\C/C=C\C/C=C\C/C=C\CC. The van der Waals surface area contributed by atoms with Gasteiger partial charge in [0.25, 0.3) is 0 Å². The third kappa shape index (κ3) is 47.2. The summed E-state index contributed by atoms with van der Waals surface area (Å²) in [5.41, 5.74) is 0. The van der Waals surface area contributed by atoms with Crippen molar-refractivity contribution in [2.75, 3.05) is 26.4 Å². The van der Waals surface area contributed by atoms with Gasteiger partial charge < -0.3 is 24.2 Å². The van der Waals surface area contributed by atoms with Gasteiger partial charge in [-0.25, -0.2) is 4.57 Å². The molecule has 0 aliphatic carbocycles. The second-order valence-corrected chi connectivity index (χ2v) is 18.0. The van der Waals surface area contributed by atoms with Crippen molar-refractivity contribution in [3.8, 4) is 0 Å². The molecule has 0 fully saturated rings. The lowest BCUT2D eigenvalue weighted by Crippen LogP contribution is -2.30. The fourth-order valence-electron chi connectivity index (χ4n) is 6.26. The summed E-state index contributed by atoms with van der Waals surface area (Å²) in [6.07, 6.45) is 57.8. The van der Waals surface area contributed by atoms with E-state index in [1.54, 1.807) is 0 Å². The number of allylic oxidation sites excluding steroid dienone is 18. The second-order valence-electron chi connectivity index (χ2n) is 16.6. The normalized spacial score (nSPS) is 14.4. The first-order valence-electron chi connectivity index (χ1n) is 25.8. The van der Waals surface area contributed by atoms with Crippen LogP contribution in [0.4, 0.5) is 0 Å². The maximum absolute atomic E-state index is 12.8. The number of hydrogen-bond donors (Lipinski definition) is 2. The molecule has 3 unspecified atom stereocenters. The largest absolute Gasteiger partial charge is 0.472 e. The number of carbonyl (C=O) groups excluding carboxylic acids is 3. The van der Waals surface area contributed by atoms with E-state index >= 15 is 0 Å². The van der Waals surface area contributed by atoms with E-state index in [0.29, 0.717) is 19.3 Å². The fraction of sp³-hybridized carbons (Fsp3) is 0.625. The molecule has 0 rings (SSSR count). The summed E-state index contributed by atoms with van der Waals surface area (Å²) in [5, 5.41) is 9.77. The first kappa shape index (κ1) is 64.1. The molecule has 0 aromatic heterocycles. The summed E-state index contributed by atoms with van der Waals surface area (Å²) in [6.45, 7) is 4.23. The number of phosphoric ester groups is 1. The van der Waals surface area contributed by atoms with E-state index in [2.05, 4.69) is 130 Å². The summed E-state index contributed by atoms with van der Waals surface area (Å²) >= 11 is 0. The van der Waals surface area contributed by atoms with Gasteiger partial charge in [0.2, 0.25) is 0 Å². The standard InChI is InChI=1S/C56H91O11P/c1-4-7-10-13-16-19-22-24-26-28-31-34-37-40-43-46-55(59)66-52(48-57)50-64-68(61,62)65-51-53(49-63-54(58)45-42-39-36-33-30-21-18-15-12-9-6-3)67-56(60)47-44-41-38-35-32-29-27-25-23-20-17-14-11-8-5-2/h7-8,10-11,15-20,24-27,31-32,34-35,52-53,57H,4-6,9,12-14,21-23,28-30,33,36-51H2,1-3H3,(H,61,62)/b10-7-,11-8-,18-15-,19-16-,20-17-,26-24-,27-25-,34-31-,35-32-. The minimum atomic E-state index is -4.77. The Bertz CT molecular complexity index is 1550. The molecule has 0 bridgehead atoms. The Morgan fingerprint density at radius 3 is 1.22 bits per heavy atom. The van der Waals surface area contributed by atoms with Crippen LogP contribution in [0, 0.1) is 0 Å². The average molecular weight is 971 g/mol. The van der Waals surface area contributed by atoms with Gasteiger partial charge in [0, 0.05) is 19.3 Å². The van der Waals surface area contributed by atoms with Crippen LogP contribution in [-0.2, 0) is 42.2 Å². The zero-order valence-electron chi connectivity index (χ0n) is 42.3. The molecular formula is C56H91O11P. The van der Waals surface area contributed by atoms with Crippen molar-refractivity contribution in [2.45, 2.75) is 200 Å². The van der Waals surface area contributed by atoms with Gasteiger partial charge in [-0.3, -0.25) is 23.4 Å². The minimum absolute atomic E-state index is 0.105. The van der Waals surface area contributed by atoms with Gasteiger partial charge in [-0.05, 0) is 116 Å². The number of esters is 3. The molecule has 0 aromatic carbocycles. The molecular weight excluding hydrogens is 880 g/mol. The van der Waals surface area contributed by atoms with Gasteiger partial charge in [0.1, 0.15) is 12.7 Å². The highest BCUT2D eigenvalue weighted by molar-refractivity contribution is 7.47. The van der Waals surface area contributed by atoms with Crippen molar-refractivity contribution >= 4 is 25.7 Å². The van der Waals surface area contributed by atoms with Gasteiger partial charge in [-0.1, -0.05) is 162 Å². The Kier molecular flexibility index (Phi) is 46.7. The highest BCUT2D eigenvalue weighted by atomic mass is 31.2. The molecule has 2 N–H and O–H groups in total. The van der Waals surface area contributed by atoms with E-state index < -0.39 is 57.8 Å². The van der Waals surface area contributed by atoms with E-state index in [9.17, 15) is 28.9 Å². The monoisotopic (exact) mass is 971 g/mol. The maximum Gasteiger partial charge on any atom is 0.472 e. The Labute approximate surface area is 412 Å². The van der Waals surface area contributed by atoms with Crippen molar-refractivity contribution in [3.63, 3.8) is 0 Å². The molecule has 68 heavy (non-hydrogen) atoms. The van der Waals surface area contributed by atoms with Crippen molar-refractivity contribution in [1.82, 2.24) is 0 Å². The summed E-state index contributed by atoms with van der Waals surface area (Å²) in [6, 6.07) is 0. The Morgan fingerprint density at radius 1 is 0.426 bits per heavy atom. The summed E-state index contributed by atoms with van der Waals surface area (Å²) in [5.74, 6) is -1.59. The molecule has 0 saturated carbocycles. The number of rotatable bonds is 46. The third-order valence-corrected chi connectivity index (χ3v) is 11.1. The molecule has 0 aliphatic heterocycles. The molecule has 0 heterocycles. The first-order chi connectivity index (χ1) is 33.2. The molecule has 0 aromatic rings. The molecule has 12 heteroatoms. The molecule has 386 valence electrons. The molecule has 0 saturated heterocycles. The Hall–Kier alpha value is -3.86. The van der Waals surface area contributed by atoms with E-state index in [1.165, 1.54) is 12.8 Å². The number of unbranched alkanes of at least 4 members (excludes halogenated alkanes) is 11. The lowest BCUT2D eigenvalue weighted by atomic mass is 10.1. The number of aliphatic hydroxyl groups excluding tert-OH is 1. The lowest BCUT2D eigenvalue weighted by molar-refractivity contribution is -0.161. The number of ether oxygens (including phenoxy) is 3. The number of carbonyl (C=O) groups is 3. The van der Waals surface area contributed by atoms with E-state index in [1.807, 2.05) is 0 Å². The van der Waals surface area contributed by atoms with Crippen LogP contribution in [0.2, 0.25) is 0 Å². The number of hydrogen-bond acceptors (Lipinski definition) is 10. The first-order valence-corrected chi connectivity index (χ1v) is 27.3. The van der Waals surface area contributed by atoms with Crippen LogP contribution >= 0.6 is 7.82 Å². The summed E-state index contributed by atoms with van der Waals surface area (Å²) < 4.78 is 39.2. The van der Waals surface area contributed by atoms with E-state index in [4.69, 9.17) is 23.3 Å². The predicted molar refractivity (Wildman–Crippen MR) is 279 cm³/mol. The predicted octanol–water partition coefficient (Wildman–Crippen LogP) is 14.7. The molecule has 0 radical (unpaired) electrons. The van der Waals surface area contributed by atoms with Crippen LogP contribution in [0.5, 0.6) is 0 Å². The molecule has 0 aliphatic rings. The smallest absolute Gasteiger partial charge is 0.462 e. The zero-order chi connectivity index (χ0) is 49.9. The topological polar surface area (TPSA) is 155 Å². The van der Waals surface area contributed by atoms with E-state index in [-0.39, 0.29) is 25.9 Å². The highest BCUT2D eigenvalue weighted by Gasteiger charge is 2.28. The summed E-state index contributed by atoms with van der Waals surface area (Å²) in [4.78, 5) is 48.3. The minimum Gasteiger partial charge on any atom is -0.462 e. The molecule has 0 spiro atoms. The highest BCUT2D eigenvalue weighted by Crippen LogP contribution is 2.43. The van der Waals surface area contributed by atoms with Crippen LogP contribution in [-0.4, -0.2) is 66.5 Å². The number of aliphatic hydroxyl groups is 1. The van der Waals surface area contributed by atoms with Gasteiger partial charge in [-0.15, -0.1) is 0 Å². The summed E-state index contributed by atoms with van der Waals surface area (Å²) in [7, 11) is -4.77. The third-order valence-electron chi connectivity index (χ3n) is 10.2. The Morgan fingerprint density at radius 2 is 0.765 bits per heavy atom. The number of phosphoric acid groups is 1. The molecule has 0 amide bonds. The van der Waals surface area contributed by atoms with Crippen molar-refractivity contribution in [3.05, 3.63) is 109 Å². The second kappa shape index (κ2) is 49.6. The van der Waals surface area contributed by atoms with Crippen molar-refractivity contribution in [1.29, 1.82) is 0 Å². The zero-order valence-corrected chi connectivity index (χ0v) is 43.2. The fourth-order valence-corrected chi connectivity index (χ4v) is 7.04. The van der Waals surface area contributed by atoms with E-state index in [0.717, 1.165) is 116 Å². The quantitative estimate of drug-likeness (QED) is 0.0197. The van der Waals surface area contributed by atoms with Crippen molar-refractivity contribution in [2.24, 2.45) is 0 Å². The van der Waals surface area contributed by atoms with Gasteiger partial charge in [0.15, 0.2) is 6.10 Å². The van der Waals surface area contributed by atoms with Gasteiger partial charge in [0.05, 0.1) is 19.8 Å². The van der Waals surface area contributed by atoms with Crippen LogP contribution in [0.1, 0.15) is 188 Å². The van der Waals surface area contributed by atoms with Crippen LogP contribution in [0.3, 0.4) is 0 Å². The van der Waals surface area contributed by atoms with Gasteiger partial charge in [-0.2, -0.15) is 0 Å². The average Bonchev–Trinajstić information content (AvgIpc) is 3.32. The molecule has 3 atom stereocenters. The maximum atomic E-state index is 12.8. The van der Waals surface area contributed by atoms with Gasteiger partial charge >= 0.3 is 25.7 Å². The van der Waals surface area contributed by atoms with Crippen LogP contribution in [0.25, 0.3) is 0 Å². The Balaban J connectivity index is 4.85. The van der Waals surface area contributed by atoms with Crippen LogP contribution in [0.15, 0.2) is 109 Å².